The molecule has 0 saturated carbocycles. The molecule has 1 aliphatic rings. The van der Waals surface area contributed by atoms with E-state index < -0.39 is 18.3 Å². The number of hydrogen-bond donors (Lipinski definition) is 2. The molecule has 1 heterocycles. The van der Waals surface area contributed by atoms with Crippen molar-refractivity contribution in [1.29, 1.82) is 0 Å². The summed E-state index contributed by atoms with van der Waals surface area (Å²) in [4.78, 5) is 11.2. The van der Waals surface area contributed by atoms with Crippen LogP contribution in [0, 0.1) is 5.92 Å². The van der Waals surface area contributed by atoms with Gasteiger partial charge in [0, 0.05) is 0 Å². The largest absolute Gasteiger partial charge is 0.469 e. The SMILES string of the molecule is C=C(C)[C@@H](O)[C@@H](O)[C@H]1C[C@@H](C)[C@H](CC(=O)OC)O1. The number of aliphatic hydroxyl groups is 2. The lowest BCUT2D eigenvalue weighted by Gasteiger charge is -2.23. The van der Waals surface area contributed by atoms with Crippen LogP contribution in [0.15, 0.2) is 12.2 Å². The second-order valence-corrected chi connectivity index (χ2v) is 4.99. The van der Waals surface area contributed by atoms with E-state index in [1.54, 1.807) is 6.92 Å². The highest BCUT2D eigenvalue weighted by molar-refractivity contribution is 5.69. The minimum Gasteiger partial charge on any atom is -0.469 e. The molecule has 1 aliphatic heterocycles. The van der Waals surface area contributed by atoms with Gasteiger partial charge in [-0.2, -0.15) is 0 Å². The summed E-state index contributed by atoms with van der Waals surface area (Å²) in [7, 11) is 1.33. The van der Waals surface area contributed by atoms with Crippen molar-refractivity contribution in [3.63, 3.8) is 0 Å². The number of esters is 1. The number of carbonyl (C=O) groups excluding carboxylic acids is 1. The Bertz CT molecular complexity index is 315. The molecule has 0 aromatic heterocycles. The summed E-state index contributed by atoms with van der Waals surface area (Å²) in [5.74, 6) is -0.191. The van der Waals surface area contributed by atoms with Gasteiger partial charge in [0.15, 0.2) is 0 Å². The lowest BCUT2D eigenvalue weighted by Crippen LogP contribution is -2.38. The molecule has 18 heavy (non-hydrogen) atoms. The Morgan fingerprint density at radius 1 is 1.56 bits per heavy atom. The zero-order valence-electron chi connectivity index (χ0n) is 11.1. The maximum absolute atomic E-state index is 11.2. The van der Waals surface area contributed by atoms with Gasteiger partial charge in [-0.05, 0) is 24.8 Å². The monoisotopic (exact) mass is 258 g/mol. The van der Waals surface area contributed by atoms with Crippen LogP contribution in [0.2, 0.25) is 0 Å². The van der Waals surface area contributed by atoms with Gasteiger partial charge in [-0.15, -0.1) is 0 Å². The summed E-state index contributed by atoms with van der Waals surface area (Å²) in [5.41, 5.74) is 0.496. The van der Waals surface area contributed by atoms with Crippen molar-refractivity contribution in [2.45, 2.75) is 51.1 Å². The van der Waals surface area contributed by atoms with Gasteiger partial charge >= 0.3 is 5.97 Å². The second kappa shape index (κ2) is 6.31. The molecule has 0 amide bonds. The minimum atomic E-state index is -1.01. The quantitative estimate of drug-likeness (QED) is 0.559. The number of methoxy groups -OCH3 is 1. The Balaban J connectivity index is 2.57. The van der Waals surface area contributed by atoms with E-state index in [0.717, 1.165) is 0 Å². The van der Waals surface area contributed by atoms with Crippen molar-refractivity contribution >= 4 is 5.97 Å². The Hall–Kier alpha value is -0.910. The Morgan fingerprint density at radius 3 is 2.67 bits per heavy atom. The van der Waals surface area contributed by atoms with Crippen LogP contribution in [-0.2, 0) is 14.3 Å². The molecule has 1 rings (SSSR count). The first-order chi connectivity index (χ1) is 8.36. The molecule has 1 fully saturated rings. The standard InChI is InChI=1S/C13H22O5/c1-7(2)12(15)13(16)10-5-8(3)9(18-10)6-11(14)17-4/h8-10,12-13,15-16H,1,5-6H2,2-4H3/t8-,9+,10-,12-,13+/m1/s1. The lowest BCUT2D eigenvalue weighted by molar-refractivity contribution is -0.145. The molecule has 5 atom stereocenters. The Labute approximate surface area is 107 Å². The maximum atomic E-state index is 11.2. The molecule has 0 aromatic carbocycles. The van der Waals surface area contributed by atoms with Crippen molar-refractivity contribution in [1.82, 2.24) is 0 Å². The molecular formula is C13H22O5. The van der Waals surface area contributed by atoms with Crippen LogP contribution in [0.25, 0.3) is 0 Å². The molecule has 0 unspecified atom stereocenters. The molecule has 0 bridgehead atoms. The highest BCUT2D eigenvalue weighted by Gasteiger charge is 2.39. The fourth-order valence-corrected chi connectivity index (χ4v) is 2.14. The number of rotatable bonds is 5. The highest BCUT2D eigenvalue weighted by Crippen LogP contribution is 2.31. The smallest absolute Gasteiger partial charge is 0.308 e. The van der Waals surface area contributed by atoms with E-state index in [4.69, 9.17) is 4.74 Å². The molecule has 5 nitrogen and oxygen atoms in total. The molecular weight excluding hydrogens is 236 g/mol. The molecule has 5 heteroatoms. The van der Waals surface area contributed by atoms with Crippen LogP contribution in [0.5, 0.6) is 0 Å². The number of ether oxygens (including phenoxy) is 2. The zero-order valence-corrected chi connectivity index (χ0v) is 11.1. The van der Waals surface area contributed by atoms with Crippen molar-refractivity contribution in [2.75, 3.05) is 7.11 Å². The third-order valence-corrected chi connectivity index (χ3v) is 3.39. The maximum Gasteiger partial charge on any atom is 0.308 e. The summed E-state index contributed by atoms with van der Waals surface area (Å²) in [6.07, 6.45) is -1.97. The highest BCUT2D eigenvalue weighted by atomic mass is 16.5. The summed E-state index contributed by atoms with van der Waals surface area (Å²) in [6, 6.07) is 0. The molecule has 104 valence electrons. The predicted octanol–water partition coefficient (Wildman–Crippen LogP) is 0.641. The van der Waals surface area contributed by atoms with Crippen molar-refractivity contribution in [3.05, 3.63) is 12.2 Å². The lowest BCUT2D eigenvalue weighted by atomic mass is 9.95. The van der Waals surface area contributed by atoms with E-state index in [1.165, 1.54) is 7.11 Å². The zero-order chi connectivity index (χ0) is 13.9. The Morgan fingerprint density at radius 2 is 2.17 bits per heavy atom. The first-order valence-corrected chi connectivity index (χ1v) is 6.10. The summed E-state index contributed by atoms with van der Waals surface area (Å²) in [6.45, 7) is 7.21. The molecule has 2 N–H and O–H groups in total. The molecule has 0 spiro atoms. The average Bonchev–Trinajstić information content (AvgIpc) is 2.68. The molecule has 0 aliphatic carbocycles. The molecule has 0 radical (unpaired) electrons. The van der Waals surface area contributed by atoms with Crippen molar-refractivity contribution < 1.29 is 24.5 Å². The van der Waals surface area contributed by atoms with Crippen molar-refractivity contribution in [3.8, 4) is 0 Å². The number of hydrogen-bond acceptors (Lipinski definition) is 5. The van der Waals surface area contributed by atoms with Gasteiger partial charge in [0.25, 0.3) is 0 Å². The van der Waals surface area contributed by atoms with Crippen LogP contribution in [0.4, 0.5) is 0 Å². The second-order valence-electron chi connectivity index (χ2n) is 4.99. The summed E-state index contributed by atoms with van der Waals surface area (Å²) in [5, 5.41) is 19.7. The van der Waals surface area contributed by atoms with Gasteiger partial charge in [-0.1, -0.05) is 13.5 Å². The minimum absolute atomic E-state index is 0.140. The van der Waals surface area contributed by atoms with Gasteiger partial charge < -0.3 is 19.7 Å². The van der Waals surface area contributed by atoms with Crippen molar-refractivity contribution in [2.24, 2.45) is 5.92 Å². The van der Waals surface area contributed by atoms with Crippen LogP contribution in [0.1, 0.15) is 26.7 Å². The third kappa shape index (κ3) is 3.54. The van der Waals surface area contributed by atoms with Crippen LogP contribution < -0.4 is 0 Å². The molecule has 1 saturated heterocycles. The molecule has 0 aromatic rings. The van der Waals surface area contributed by atoms with E-state index in [2.05, 4.69) is 11.3 Å². The topological polar surface area (TPSA) is 76.0 Å². The van der Waals surface area contributed by atoms with E-state index in [-0.39, 0.29) is 24.4 Å². The van der Waals surface area contributed by atoms with E-state index in [0.29, 0.717) is 12.0 Å². The first-order valence-electron chi connectivity index (χ1n) is 6.10. The predicted molar refractivity (Wildman–Crippen MR) is 65.9 cm³/mol. The van der Waals surface area contributed by atoms with E-state index >= 15 is 0 Å². The fourth-order valence-electron chi connectivity index (χ4n) is 2.14. The fraction of sp³-hybridized carbons (Fsp3) is 0.769. The van der Waals surface area contributed by atoms with Gasteiger partial charge in [0.1, 0.15) is 12.2 Å². The first kappa shape index (κ1) is 15.1. The van der Waals surface area contributed by atoms with Crippen LogP contribution >= 0.6 is 0 Å². The van der Waals surface area contributed by atoms with Crippen LogP contribution in [-0.4, -0.2) is 47.7 Å². The van der Waals surface area contributed by atoms with Gasteiger partial charge in [-0.3, -0.25) is 4.79 Å². The normalized spacial score (nSPS) is 30.8. The van der Waals surface area contributed by atoms with Crippen LogP contribution in [0.3, 0.4) is 0 Å². The summed E-state index contributed by atoms with van der Waals surface area (Å²) >= 11 is 0. The van der Waals surface area contributed by atoms with Gasteiger partial charge in [-0.25, -0.2) is 0 Å². The third-order valence-electron chi connectivity index (χ3n) is 3.39. The average molecular weight is 258 g/mol. The van der Waals surface area contributed by atoms with Gasteiger partial charge in [0.2, 0.25) is 0 Å². The van der Waals surface area contributed by atoms with Gasteiger partial charge in [0.05, 0.1) is 25.7 Å². The van der Waals surface area contributed by atoms with E-state index in [1.807, 2.05) is 6.92 Å². The number of carbonyl (C=O) groups is 1. The number of aliphatic hydroxyl groups excluding tert-OH is 2. The summed E-state index contributed by atoms with van der Waals surface area (Å²) < 4.78 is 10.2. The Kier molecular flexibility index (Phi) is 5.31. The van der Waals surface area contributed by atoms with E-state index in [9.17, 15) is 15.0 Å².